The maximum Gasteiger partial charge on any atom is 0.0629 e. The number of nitrogens with two attached hydrogens (primary N) is 1. The number of aliphatic hydroxyl groups is 1. The minimum atomic E-state index is -0.419. The van der Waals surface area contributed by atoms with Gasteiger partial charge < -0.3 is 15.7 Å². The van der Waals surface area contributed by atoms with Gasteiger partial charge in [-0.3, -0.25) is 0 Å². The highest BCUT2D eigenvalue weighted by atomic mass is 16.3. The molecule has 0 bridgehead atoms. The zero-order valence-electron chi connectivity index (χ0n) is 10.0. The Bertz CT molecular complexity index is 392. The molecule has 3 heteroatoms. The molecule has 1 aliphatic rings. The second-order valence-electron chi connectivity index (χ2n) is 4.98. The highest BCUT2D eigenvalue weighted by Gasteiger charge is 2.34. The van der Waals surface area contributed by atoms with Gasteiger partial charge in [-0.05, 0) is 31.9 Å². The molecule has 1 heterocycles. The van der Waals surface area contributed by atoms with Crippen LogP contribution in [-0.4, -0.2) is 30.3 Å². The maximum atomic E-state index is 9.25. The Morgan fingerprint density at radius 2 is 2.19 bits per heavy atom. The van der Waals surface area contributed by atoms with E-state index in [0.717, 1.165) is 19.5 Å². The molecule has 0 radical (unpaired) electrons. The lowest BCUT2D eigenvalue weighted by molar-refractivity contribution is 0.210. The Hall–Kier alpha value is -1.06. The molecular weight excluding hydrogens is 200 g/mol. The van der Waals surface area contributed by atoms with Gasteiger partial charge in [-0.25, -0.2) is 0 Å². The molecule has 88 valence electrons. The molecule has 0 spiro atoms. The number of hydrogen-bond acceptors (Lipinski definition) is 3. The molecule has 1 aromatic rings. The first-order valence-electron chi connectivity index (χ1n) is 5.76. The molecule has 1 aromatic carbocycles. The highest BCUT2D eigenvalue weighted by molar-refractivity contribution is 5.55. The van der Waals surface area contributed by atoms with E-state index in [0.29, 0.717) is 0 Å². The van der Waals surface area contributed by atoms with Crippen LogP contribution in [0.1, 0.15) is 17.5 Å². The van der Waals surface area contributed by atoms with Crippen molar-refractivity contribution in [2.45, 2.75) is 25.8 Å². The lowest BCUT2D eigenvalue weighted by Crippen LogP contribution is -2.46. The molecule has 0 aliphatic carbocycles. The van der Waals surface area contributed by atoms with Gasteiger partial charge >= 0.3 is 0 Å². The summed E-state index contributed by atoms with van der Waals surface area (Å²) in [6, 6.07) is 6.45. The highest BCUT2D eigenvalue weighted by Crippen LogP contribution is 2.28. The average Bonchev–Trinajstić information content (AvgIpc) is 2.62. The minimum absolute atomic E-state index is 0.0639. The van der Waals surface area contributed by atoms with Crippen molar-refractivity contribution in [2.24, 2.45) is 5.73 Å². The first kappa shape index (κ1) is 11.4. The van der Waals surface area contributed by atoms with Crippen LogP contribution in [0.5, 0.6) is 0 Å². The Labute approximate surface area is 96.9 Å². The van der Waals surface area contributed by atoms with Crippen LogP contribution in [0.4, 0.5) is 5.69 Å². The molecule has 1 aliphatic heterocycles. The van der Waals surface area contributed by atoms with E-state index in [9.17, 15) is 5.11 Å². The molecule has 0 saturated carbocycles. The zero-order chi connectivity index (χ0) is 11.8. The lowest BCUT2D eigenvalue weighted by atomic mass is 10.0. The average molecular weight is 220 g/mol. The van der Waals surface area contributed by atoms with E-state index in [1.54, 1.807) is 0 Å². The normalized spacial score (nSPS) is 25.1. The summed E-state index contributed by atoms with van der Waals surface area (Å²) in [7, 11) is 0. The van der Waals surface area contributed by atoms with Crippen molar-refractivity contribution < 1.29 is 5.11 Å². The molecule has 1 fully saturated rings. The van der Waals surface area contributed by atoms with E-state index in [4.69, 9.17) is 5.73 Å². The maximum absolute atomic E-state index is 9.25. The topological polar surface area (TPSA) is 49.5 Å². The van der Waals surface area contributed by atoms with Gasteiger partial charge in [-0.1, -0.05) is 17.7 Å². The van der Waals surface area contributed by atoms with Crippen LogP contribution in [-0.2, 0) is 0 Å². The summed E-state index contributed by atoms with van der Waals surface area (Å²) < 4.78 is 0. The van der Waals surface area contributed by atoms with Crippen molar-refractivity contribution >= 4 is 5.69 Å². The first-order valence-corrected chi connectivity index (χ1v) is 5.76. The third-order valence-electron chi connectivity index (χ3n) is 3.39. The Morgan fingerprint density at radius 3 is 2.75 bits per heavy atom. The molecule has 2 rings (SSSR count). The first-order chi connectivity index (χ1) is 7.54. The number of benzene rings is 1. The van der Waals surface area contributed by atoms with E-state index in [-0.39, 0.29) is 6.61 Å². The summed E-state index contributed by atoms with van der Waals surface area (Å²) >= 11 is 0. The zero-order valence-corrected chi connectivity index (χ0v) is 10.0. The second kappa shape index (κ2) is 4.07. The molecule has 0 aromatic heterocycles. The van der Waals surface area contributed by atoms with Gasteiger partial charge in [0.15, 0.2) is 0 Å². The Balaban J connectivity index is 2.21. The van der Waals surface area contributed by atoms with Crippen molar-refractivity contribution in [1.82, 2.24) is 0 Å². The van der Waals surface area contributed by atoms with Crippen molar-refractivity contribution in [3.63, 3.8) is 0 Å². The van der Waals surface area contributed by atoms with Crippen LogP contribution in [0.3, 0.4) is 0 Å². The molecule has 1 saturated heterocycles. The number of hydrogen-bond donors (Lipinski definition) is 2. The van der Waals surface area contributed by atoms with E-state index < -0.39 is 5.54 Å². The predicted octanol–water partition coefficient (Wildman–Crippen LogP) is 1.20. The Morgan fingerprint density at radius 1 is 1.44 bits per heavy atom. The summed E-state index contributed by atoms with van der Waals surface area (Å²) in [4.78, 5) is 2.27. The number of nitrogens with zero attached hydrogens (tertiary/aromatic N) is 1. The second-order valence-corrected chi connectivity index (χ2v) is 4.98. The van der Waals surface area contributed by atoms with Crippen LogP contribution in [0.25, 0.3) is 0 Å². The smallest absolute Gasteiger partial charge is 0.0629 e. The summed E-state index contributed by atoms with van der Waals surface area (Å²) in [5.41, 5.74) is 9.46. The fourth-order valence-electron chi connectivity index (χ4n) is 2.39. The number of aryl methyl sites for hydroxylation is 2. The summed E-state index contributed by atoms with van der Waals surface area (Å²) in [5, 5.41) is 9.25. The molecule has 16 heavy (non-hydrogen) atoms. The van der Waals surface area contributed by atoms with Gasteiger partial charge in [0.05, 0.1) is 12.1 Å². The van der Waals surface area contributed by atoms with E-state index >= 15 is 0 Å². The van der Waals surface area contributed by atoms with Gasteiger partial charge in [0.25, 0.3) is 0 Å². The van der Waals surface area contributed by atoms with Crippen molar-refractivity contribution in [1.29, 1.82) is 0 Å². The fraction of sp³-hybridized carbons (Fsp3) is 0.538. The van der Waals surface area contributed by atoms with E-state index in [1.165, 1.54) is 16.8 Å². The molecule has 0 amide bonds. The molecule has 1 atom stereocenters. The molecular formula is C13H20N2O. The molecule has 1 unspecified atom stereocenters. The van der Waals surface area contributed by atoms with Gasteiger partial charge in [0, 0.05) is 18.8 Å². The van der Waals surface area contributed by atoms with Crippen LogP contribution in [0, 0.1) is 13.8 Å². The SMILES string of the molecule is Cc1ccc(N2CCC(N)(CO)C2)c(C)c1. The summed E-state index contributed by atoms with van der Waals surface area (Å²) in [6.07, 6.45) is 0.858. The van der Waals surface area contributed by atoms with Crippen LogP contribution in [0.2, 0.25) is 0 Å². The number of rotatable bonds is 2. The largest absolute Gasteiger partial charge is 0.394 e. The summed E-state index contributed by atoms with van der Waals surface area (Å²) in [6.45, 7) is 5.96. The lowest BCUT2D eigenvalue weighted by Gasteiger charge is -2.24. The molecule has 3 nitrogen and oxygen atoms in total. The Kier molecular flexibility index (Phi) is 2.91. The standard InChI is InChI=1S/C13H20N2O/c1-10-3-4-12(11(2)7-10)15-6-5-13(14,8-15)9-16/h3-4,7,16H,5-6,8-9,14H2,1-2H3. The van der Waals surface area contributed by atoms with E-state index in [2.05, 4.69) is 36.9 Å². The van der Waals surface area contributed by atoms with Gasteiger partial charge in [-0.15, -0.1) is 0 Å². The third-order valence-corrected chi connectivity index (χ3v) is 3.39. The van der Waals surface area contributed by atoms with Gasteiger partial charge in [0.1, 0.15) is 0 Å². The van der Waals surface area contributed by atoms with Gasteiger partial charge in [-0.2, -0.15) is 0 Å². The van der Waals surface area contributed by atoms with Crippen LogP contribution < -0.4 is 10.6 Å². The quantitative estimate of drug-likeness (QED) is 0.787. The fourth-order valence-corrected chi connectivity index (χ4v) is 2.39. The van der Waals surface area contributed by atoms with Crippen LogP contribution >= 0.6 is 0 Å². The number of aliphatic hydroxyl groups excluding tert-OH is 1. The monoisotopic (exact) mass is 220 g/mol. The predicted molar refractivity (Wildman–Crippen MR) is 66.8 cm³/mol. The van der Waals surface area contributed by atoms with Crippen LogP contribution in [0.15, 0.2) is 18.2 Å². The number of anilines is 1. The van der Waals surface area contributed by atoms with Crippen molar-refractivity contribution in [3.05, 3.63) is 29.3 Å². The molecule has 3 N–H and O–H groups in total. The van der Waals surface area contributed by atoms with E-state index in [1.807, 2.05) is 0 Å². The summed E-state index contributed by atoms with van der Waals surface area (Å²) in [5.74, 6) is 0. The minimum Gasteiger partial charge on any atom is -0.394 e. The van der Waals surface area contributed by atoms with Crippen molar-refractivity contribution in [3.8, 4) is 0 Å². The van der Waals surface area contributed by atoms with Gasteiger partial charge in [0.2, 0.25) is 0 Å². The van der Waals surface area contributed by atoms with Crippen molar-refractivity contribution in [2.75, 3.05) is 24.6 Å². The third kappa shape index (κ3) is 2.06.